The summed E-state index contributed by atoms with van der Waals surface area (Å²) in [6, 6.07) is -0.348. The van der Waals surface area contributed by atoms with Gasteiger partial charge in [0.15, 0.2) is 0 Å². The van der Waals surface area contributed by atoms with Gasteiger partial charge in [0.05, 0.1) is 6.10 Å². The van der Waals surface area contributed by atoms with E-state index in [1.165, 1.54) is 0 Å². The lowest BCUT2D eigenvalue weighted by molar-refractivity contribution is -0.125. The molecule has 0 aromatic carbocycles. The molecule has 90 valence electrons. The van der Waals surface area contributed by atoms with E-state index in [1.54, 1.807) is 0 Å². The van der Waals surface area contributed by atoms with Crippen LogP contribution in [0.25, 0.3) is 0 Å². The normalized spacial score (nSPS) is 33.8. The van der Waals surface area contributed by atoms with Crippen LogP contribution in [0, 0.1) is 5.92 Å². The largest absolute Gasteiger partial charge is 0.393 e. The lowest BCUT2D eigenvalue weighted by atomic mass is 10.1. The summed E-state index contributed by atoms with van der Waals surface area (Å²) in [7, 11) is 0. The summed E-state index contributed by atoms with van der Waals surface area (Å²) in [4.78, 5) is 22.6. The van der Waals surface area contributed by atoms with Crippen molar-refractivity contribution in [1.82, 2.24) is 10.6 Å². The maximum absolute atomic E-state index is 11.6. The van der Waals surface area contributed by atoms with E-state index in [0.29, 0.717) is 25.3 Å². The Kier molecular flexibility index (Phi) is 3.43. The Hall–Kier alpha value is -1.10. The van der Waals surface area contributed by atoms with Crippen LogP contribution in [0.5, 0.6) is 0 Å². The van der Waals surface area contributed by atoms with Crippen molar-refractivity contribution in [3.8, 4) is 0 Å². The standard InChI is InChI=1S/C11H18N2O3/c14-8-2-1-7(5-8)6-12-11(16)9-3-4-10(15)13-9/h7-9,14H,1-6H2,(H,12,16)(H,13,15)/t7?,8?,9-/m0/s1. The summed E-state index contributed by atoms with van der Waals surface area (Å²) < 4.78 is 0. The van der Waals surface area contributed by atoms with Gasteiger partial charge in [0.1, 0.15) is 6.04 Å². The van der Waals surface area contributed by atoms with Gasteiger partial charge in [-0.25, -0.2) is 0 Å². The number of carbonyl (C=O) groups is 2. The van der Waals surface area contributed by atoms with E-state index >= 15 is 0 Å². The van der Waals surface area contributed by atoms with E-state index in [2.05, 4.69) is 10.6 Å². The summed E-state index contributed by atoms with van der Waals surface area (Å²) in [5, 5.41) is 14.8. The predicted octanol–water partition coefficient (Wildman–Crippen LogP) is -0.458. The van der Waals surface area contributed by atoms with Gasteiger partial charge in [-0.15, -0.1) is 0 Å². The molecule has 16 heavy (non-hydrogen) atoms. The summed E-state index contributed by atoms with van der Waals surface area (Å²) in [5.74, 6) is 0.250. The molecule has 1 heterocycles. The van der Waals surface area contributed by atoms with E-state index in [1.807, 2.05) is 0 Å². The Bertz CT molecular complexity index is 293. The molecule has 2 amide bonds. The van der Waals surface area contributed by atoms with Crippen LogP contribution in [0.3, 0.4) is 0 Å². The Morgan fingerprint density at radius 3 is 2.81 bits per heavy atom. The number of amides is 2. The number of aliphatic hydroxyl groups is 1. The average Bonchev–Trinajstić information content (AvgIpc) is 2.84. The van der Waals surface area contributed by atoms with Gasteiger partial charge in [-0.1, -0.05) is 0 Å². The molecule has 0 aromatic rings. The first-order valence-electron chi connectivity index (χ1n) is 5.90. The van der Waals surface area contributed by atoms with Gasteiger partial charge in [0.2, 0.25) is 11.8 Å². The minimum Gasteiger partial charge on any atom is -0.393 e. The average molecular weight is 226 g/mol. The van der Waals surface area contributed by atoms with Crippen molar-refractivity contribution in [3.63, 3.8) is 0 Å². The highest BCUT2D eigenvalue weighted by Gasteiger charge is 2.28. The second-order valence-corrected chi connectivity index (χ2v) is 4.74. The number of rotatable bonds is 3. The number of nitrogens with one attached hydrogen (secondary N) is 2. The molecule has 1 aliphatic heterocycles. The minimum absolute atomic E-state index is 0.0450. The highest BCUT2D eigenvalue weighted by molar-refractivity contribution is 5.90. The van der Waals surface area contributed by atoms with Crippen molar-refractivity contribution in [2.75, 3.05) is 6.54 Å². The van der Waals surface area contributed by atoms with Crippen LogP contribution in [0.2, 0.25) is 0 Å². The van der Waals surface area contributed by atoms with Gasteiger partial charge in [-0.3, -0.25) is 9.59 Å². The third-order valence-electron chi connectivity index (χ3n) is 3.39. The van der Waals surface area contributed by atoms with Gasteiger partial charge < -0.3 is 15.7 Å². The Morgan fingerprint density at radius 1 is 1.44 bits per heavy atom. The first-order valence-corrected chi connectivity index (χ1v) is 5.90. The van der Waals surface area contributed by atoms with E-state index < -0.39 is 0 Å². The van der Waals surface area contributed by atoms with E-state index in [4.69, 9.17) is 0 Å². The monoisotopic (exact) mass is 226 g/mol. The fourth-order valence-corrected chi connectivity index (χ4v) is 2.41. The molecule has 1 aliphatic carbocycles. The number of carbonyl (C=O) groups excluding carboxylic acids is 2. The van der Waals surface area contributed by atoms with E-state index in [-0.39, 0.29) is 24.0 Å². The summed E-state index contributed by atoms with van der Waals surface area (Å²) in [5.41, 5.74) is 0. The van der Waals surface area contributed by atoms with Crippen LogP contribution in [0.15, 0.2) is 0 Å². The third-order valence-corrected chi connectivity index (χ3v) is 3.39. The quantitative estimate of drug-likeness (QED) is 0.609. The van der Waals surface area contributed by atoms with Gasteiger partial charge in [-0.2, -0.15) is 0 Å². The SMILES string of the molecule is O=C1CC[C@@H](C(=O)NCC2CCC(O)C2)N1. The summed E-state index contributed by atoms with van der Waals surface area (Å²) in [6.07, 6.45) is 3.42. The van der Waals surface area contributed by atoms with E-state index in [0.717, 1.165) is 19.3 Å². The molecule has 0 aromatic heterocycles. The number of hydrogen-bond acceptors (Lipinski definition) is 3. The van der Waals surface area contributed by atoms with Crippen molar-refractivity contribution in [1.29, 1.82) is 0 Å². The molecule has 2 aliphatic rings. The van der Waals surface area contributed by atoms with Crippen LogP contribution in [0.4, 0.5) is 0 Å². The minimum atomic E-state index is -0.348. The van der Waals surface area contributed by atoms with Crippen molar-refractivity contribution in [3.05, 3.63) is 0 Å². The molecule has 1 saturated heterocycles. The Morgan fingerprint density at radius 2 is 2.25 bits per heavy atom. The fraction of sp³-hybridized carbons (Fsp3) is 0.818. The van der Waals surface area contributed by atoms with E-state index in [9.17, 15) is 14.7 Å². The van der Waals surface area contributed by atoms with Gasteiger partial charge in [0, 0.05) is 13.0 Å². The molecular formula is C11H18N2O3. The number of hydrogen-bond donors (Lipinski definition) is 3. The lowest BCUT2D eigenvalue weighted by Crippen LogP contribution is -2.43. The van der Waals surface area contributed by atoms with Gasteiger partial charge in [0.25, 0.3) is 0 Å². The maximum atomic E-state index is 11.6. The molecule has 2 fully saturated rings. The second-order valence-electron chi connectivity index (χ2n) is 4.74. The molecule has 2 unspecified atom stereocenters. The summed E-state index contributed by atoms with van der Waals surface area (Å²) in [6.45, 7) is 0.613. The van der Waals surface area contributed by atoms with Crippen LogP contribution in [0.1, 0.15) is 32.1 Å². The van der Waals surface area contributed by atoms with Gasteiger partial charge >= 0.3 is 0 Å². The zero-order chi connectivity index (χ0) is 11.5. The smallest absolute Gasteiger partial charge is 0.242 e. The second kappa shape index (κ2) is 4.82. The molecule has 3 atom stereocenters. The molecular weight excluding hydrogens is 208 g/mol. The molecule has 2 rings (SSSR count). The van der Waals surface area contributed by atoms with Crippen LogP contribution < -0.4 is 10.6 Å². The first-order chi connectivity index (χ1) is 7.65. The van der Waals surface area contributed by atoms with Crippen LogP contribution in [-0.2, 0) is 9.59 Å². The molecule has 5 nitrogen and oxygen atoms in total. The number of aliphatic hydroxyl groups excluding tert-OH is 1. The molecule has 5 heteroatoms. The third kappa shape index (κ3) is 2.72. The Balaban J connectivity index is 1.69. The van der Waals surface area contributed by atoms with Crippen molar-refractivity contribution < 1.29 is 14.7 Å². The van der Waals surface area contributed by atoms with Crippen molar-refractivity contribution in [2.24, 2.45) is 5.92 Å². The highest BCUT2D eigenvalue weighted by atomic mass is 16.3. The molecule has 0 radical (unpaired) electrons. The maximum Gasteiger partial charge on any atom is 0.242 e. The zero-order valence-electron chi connectivity index (χ0n) is 9.24. The summed E-state index contributed by atoms with van der Waals surface area (Å²) >= 11 is 0. The molecule has 1 saturated carbocycles. The lowest BCUT2D eigenvalue weighted by Gasteiger charge is -2.14. The van der Waals surface area contributed by atoms with Crippen LogP contribution in [-0.4, -0.2) is 35.6 Å². The first kappa shape index (κ1) is 11.4. The predicted molar refractivity (Wildman–Crippen MR) is 57.5 cm³/mol. The molecule has 0 spiro atoms. The van der Waals surface area contributed by atoms with Crippen molar-refractivity contribution >= 4 is 11.8 Å². The molecule has 0 bridgehead atoms. The van der Waals surface area contributed by atoms with Gasteiger partial charge in [-0.05, 0) is 31.6 Å². The zero-order valence-corrected chi connectivity index (χ0v) is 9.24. The Labute approximate surface area is 94.6 Å². The van der Waals surface area contributed by atoms with Crippen molar-refractivity contribution in [2.45, 2.75) is 44.2 Å². The topological polar surface area (TPSA) is 78.4 Å². The fourth-order valence-electron chi connectivity index (χ4n) is 2.41. The van der Waals surface area contributed by atoms with Crippen LogP contribution >= 0.6 is 0 Å². The molecule has 3 N–H and O–H groups in total. The highest BCUT2D eigenvalue weighted by Crippen LogP contribution is 2.24.